The van der Waals surface area contributed by atoms with Crippen LogP contribution in [0.5, 0.6) is 0 Å². The van der Waals surface area contributed by atoms with E-state index < -0.39 is 4.75 Å². The van der Waals surface area contributed by atoms with Crippen molar-refractivity contribution >= 4 is 40.3 Å². The van der Waals surface area contributed by atoms with Crippen molar-refractivity contribution in [1.82, 2.24) is 15.3 Å². The number of rotatable bonds is 9. The van der Waals surface area contributed by atoms with Crippen LogP contribution in [-0.4, -0.2) is 47.8 Å². The SMILES string of the molecule is CCSC(C(=O)NC1CCC2(CC1)CC2Nc1nc(N(C)C)c2ccccc2n1)(c1ccccc1)C1CCCCC1. The molecule has 3 saturated carbocycles. The van der Waals surface area contributed by atoms with Crippen LogP contribution in [0.3, 0.4) is 0 Å². The molecule has 1 heterocycles. The van der Waals surface area contributed by atoms with E-state index in [0.717, 1.165) is 73.4 Å². The average Bonchev–Trinajstić information content (AvgIpc) is 3.67. The van der Waals surface area contributed by atoms with E-state index in [-0.39, 0.29) is 11.9 Å². The molecule has 3 aliphatic carbocycles. The summed E-state index contributed by atoms with van der Waals surface area (Å²) in [5, 5.41) is 8.36. The van der Waals surface area contributed by atoms with Crippen molar-refractivity contribution in [2.75, 3.05) is 30.1 Å². The lowest BCUT2D eigenvalue weighted by atomic mass is 9.75. The van der Waals surface area contributed by atoms with E-state index in [2.05, 4.69) is 64.9 Å². The molecule has 1 amide bonds. The molecule has 0 aliphatic heterocycles. The minimum atomic E-state index is -0.493. The van der Waals surface area contributed by atoms with Gasteiger partial charge in [0.05, 0.1) is 5.52 Å². The standard InChI is InChI=1S/C34H45N5OS/c1-4-41-34(24-13-7-5-8-14-24,25-15-9-6-10-16-25)31(40)35-26-19-21-33(22-20-26)23-29(33)37-32-36-28-18-12-11-17-27(28)30(38-32)39(2)3/h5,7-8,11-14,17-18,25-26,29H,4,6,9-10,15-16,19-23H2,1-3H3,(H,35,40)(H,36,37,38). The van der Waals surface area contributed by atoms with Crippen molar-refractivity contribution in [3.05, 3.63) is 60.2 Å². The van der Waals surface area contributed by atoms with Gasteiger partial charge in [0.25, 0.3) is 0 Å². The number of carbonyl (C=O) groups is 1. The predicted octanol–water partition coefficient (Wildman–Crippen LogP) is 7.15. The number of nitrogens with one attached hydrogen (secondary N) is 2. The zero-order valence-corrected chi connectivity index (χ0v) is 25.7. The number of anilines is 2. The third kappa shape index (κ3) is 5.54. The first kappa shape index (κ1) is 28.3. The highest BCUT2D eigenvalue weighted by Gasteiger charge is 2.56. The second-order valence-corrected chi connectivity index (χ2v) is 14.2. The Morgan fingerprint density at radius 3 is 2.39 bits per heavy atom. The largest absolute Gasteiger partial charge is 0.362 e. The number of nitrogens with zero attached hydrogens (tertiary/aromatic N) is 3. The van der Waals surface area contributed by atoms with Gasteiger partial charge in [-0.15, -0.1) is 11.8 Å². The monoisotopic (exact) mass is 571 g/mol. The van der Waals surface area contributed by atoms with Crippen LogP contribution in [0.4, 0.5) is 11.8 Å². The Hall–Kier alpha value is -2.80. The van der Waals surface area contributed by atoms with Crippen LogP contribution in [0, 0.1) is 11.3 Å². The number of thioether (sulfide) groups is 1. The molecular formula is C34H45N5OS. The fourth-order valence-electron chi connectivity index (χ4n) is 7.60. The summed E-state index contributed by atoms with van der Waals surface area (Å²) >= 11 is 1.86. The van der Waals surface area contributed by atoms with E-state index in [0.29, 0.717) is 17.4 Å². The molecule has 2 atom stereocenters. The van der Waals surface area contributed by atoms with E-state index in [1.54, 1.807) is 0 Å². The molecular weight excluding hydrogens is 526 g/mol. The summed E-state index contributed by atoms with van der Waals surface area (Å²) in [7, 11) is 4.07. The Bertz CT molecular complexity index is 1350. The molecule has 3 aromatic rings. The molecule has 2 N–H and O–H groups in total. The molecule has 7 heteroatoms. The Labute approximate surface area is 249 Å². The highest BCUT2D eigenvalue weighted by atomic mass is 32.2. The number of amides is 1. The van der Waals surface area contributed by atoms with Gasteiger partial charge < -0.3 is 15.5 Å². The Morgan fingerprint density at radius 2 is 1.68 bits per heavy atom. The number of carbonyl (C=O) groups excluding carboxylic acids is 1. The van der Waals surface area contributed by atoms with Gasteiger partial charge in [0.2, 0.25) is 11.9 Å². The first-order chi connectivity index (χ1) is 19.9. The topological polar surface area (TPSA) is 70.2 Å². The van der Waals surface area contributed by atoms with Crippen LogP contribution in [-0.2, 0) is 9.54 Å². The second kappa shape index (κ2) is 11.8. The first-order valence-corrected chi connectivity index (χ1v) is 16.6. The fourth-order valence-corrected chi connectivity index (χ4v) is 9.02. The molecule has 6 rings (SSSR count). The number of benzene rings is 2. The van der Waals surface area contributed by atoms with Crippen molar-refractivity contribution in [3.63, 3.8) is 0 Å². The molecule has 1 spiro atoms. The Balaban J connectivity index is 1.13. The molecule has 2 aromatic carbocycles. The molecule has 0 saturated heterocycles. The van der Waals surface area contributed by atoms with Gasteiger partial charge in [0.1, 0.15) is 10.6 Å². The van der Waals surface area contributed by atoms with Gasteiger partial charge in [-0.3, -0.25) is 4.79 Å². The summed E-state index contributed by atoms with van der Waals surface area (Å²) in [6, 6.07) is 19.5. The van der Waals surface area contributed by atoms with Crippen molar-refractivity contribution in [2.45, 2.75) is 88.0 Å². The molecule has 0 bridgehead atoms. The smallest absolute Gasteiger partial charge is 0.241 e. The van der Waals surface area contributed by atoms with E-state index in [4.69, 9.17) is 9.97 Å². The summed E-state index contributed by atoms with van der Waals surface area (Å²) < 4.78 is -0.493. The van der Waals surface area contributed by atoms with Gasteiger partial charge in [-0.05, 0) is 79.7 Å². The third-order valence-corrected chi connectivity index (χ3v) is 11.4. The lowest BCUT2D eigenvalue weighted by Crippen LogP contribution is -2.51. The maximum absolute atomic E-state index is 14.3. The lowest BCUT2D eigenvalue weighted by Gasteiger charge is -2.42. The predicted molar refractivity (Wildman–Crippen MR) is 172 cm³/mol. The van der Waals surface area contributed by atoms with Crippen LogP contribution < -0.4 is 15.5 Å². The number of hydrogen-bond donors (Lipinski definition) is 2. The van der Waals surface area contributed by atoms with E-state index in [1.807, 2.05) is 38.0 Å². The second-order valence-electron chi connectivity index (χ2n) is 12.7. The minimum Gasteiger partial charge on any atom is -0.362 e. The lowest BCUT2D eigenvalue weighted by molar-refractivity contribution is -0.126. The van der Waals surface area contributed by atoms with Crippen LogP contribution >= 0.6 is 11.8 Å². The van der Waals surface area contributed by atoms with Gasteiger partial charge >= 0.3 is 0 Å². The van der Waals surface area contributed by atoms with E-state index in [9.17, 15) is 4.79 Å². The molecule has 218 valence electrons. The van der Waals surface area contributed by atoms with E-state index in [1.165, 1.54) is 24.8 Å². The number of aromatic nitrogens is 2. The summed E-state index contributed by atoms with van der Waals surface area (Å²) in [6.07, 6.45) is 11.5. The maximum atomic E-state index is 14.3. The van der Waals surface area contributed by atoms with Crippen molar-refractivity contribution < 1.29 is 4.79 Å². The number of fused-ring (bicyclic) bond motifs is 1. The van der Waals surface area contributed by atoms with Crippen LogP contribution in [0.15, 0.2) is 54.6 Å². The Morgan fingerprint density at radius 1 is 0.976 bits per heavy atom. The summed E-state index contributed by atoms with van der Waals surface area (Å²) in [5.74, 6) is 3.25. The summed E-state index contributed by atoms with van der Waals surface area (Å²) in [4.78, 5) is 26.1. The first-order valence-electron chi connectivity index (χ1n) is 15.7. The highest BCUT2D eigenvalue weighted by molar-refractivity contribution is 8.00. The molecule has 6 nitrogen and oxygen atoms in total. The summed E-state index contributed by atoms with van der Waals surface area (Å²) in [6.45, 7) is 2.20. The maximum Gasteiger partial charge on any atom is 0.241 e. The van der Waals surface area contributed by atoms with Crippen molar-refractivity contribution in [2.24, 2.45) is 11.3 Å². The molecule has 0 radical (unpaired) electrons. The summed E-state index contributed by atoms with van der Waals surface area (Å²) in [5.41, 5.74) is 2.45. The zero-order chi connectivity index (χ0) is 28.5. The molecule has 41 heavy (non-hydrogen) atoms. The fraction of sp³-hybridized carbons (Fsp3) is 0.559. The minimum absolute atomic E-state index is 0.245. The molecule has 2 unspecified atom stereocenters. The van der Waals surface area contributed by atoms with Crippen LogP contribution in [0.25, 0.3) is 10.9 Å². The zero-order valence-electron chi connectivity index (χ0n) is 24.9. The van der Waals surface area contributed by atoms with Crippen molar-refractivity contribution in [3.8, 4) is 0 Å². The third-order valence-electron chi connectivity index (χ3n) is 9.91. The highest BCUT2D eigenvalue weighted by Crippen LogP contribution is 2.57. The van der Waals surface area contributed by atoms with Gasteiger partial charge in [0, 0.05) is 31.6 Å². The number of para-hydroxylation sites is 1. The van der Waals surface area contributed by atoms with Gasteiger partial charge in [-0.25, -0.2) is 4.98 Å². The molecule has 3 aliphatic rings. The molecule has 1 aromatic heterocycles. The van der Waals surface area contributed by atoms with Crippen LogP contribution in [0.2, 0.25) is 0 Å². The quantitative estimate of drug-likeness (QED) is 0.284. The van der Waals surface area contributed by atoms with Gasteiger partial charge in [-0.1, -0.05) is 68.7 Å². The normalized spacial score (nSPS) is 25.9. The van der Waals surface area contributed by atoms with Crippen molar-refractivity contribution in [1.29, 1.82) is 0 Å². The Kier molecular flexibility index (Phi) is 8.17. The number of hydrogen-bond acceptors (Lipinski definition) is 6. The van der Waals surface area contributed by atoms with E-state index >= 15 is 0 Å². The molecule has 3 fully saturated rings. The van der Waals surface area contributed by atoms with Gasteiger partial charge in [-0.2, -0.15) is 4.98 Å². The van der Waals surface area contributed by atoms with Crippen LogP contribution in [0.1, 0.15) is 76.7 Å². The average molecular weight is 572 g/mol. The van der Waals surface area contributed by atoms with Gasteiger partial charge in [0.15, 0.2) is 0 Å².